The van der Waals surface area contributed by atoms with E-state index >= 15 is 0 Å². The number of nitrogens with one attached hydrogen (secondary N) is 1. The maximum atomic E-state index is 14.5. The number of hydrogen-bond acceptors (Lipinski definition) is 6. The number of rotatable bonds is 6. The number of ether oxygens (including phenoxy) is 2. The van der Waals surface area contributed by atoms with Crippen molar-refractivity contribution in [1.82, 2.24) is 14.9 Å². The highest BCUT2D eigenvalue weighted by Crippen LogP contribution is 2.42. The summed E-state index contributed by atoms with van der Waals surface area (Å²) in [5.74, 6) is 3.47. The van der Waals surface area contributed by atoms with Crippen molar-refractivity contribution in [2.75, 3.05) is 39.2 Å². The van der Waals surface area contributed by atoms with Crippen molar-refractivity contribution >= 4 is 34.0 Å². The monoisotopic (exact) mass is 470 g/mol. The van der Waals surface area contributed by atoms with Crippen molar-refractivity contribution < 1.29 is 13.9 Å². The smallest absolute Gasteiger partial charge is 0.163 e. The number of anilines is 2. The number of benzene rings is 2. The van der Waals surface area contributed by atoms with Gasteiger partial charge in [-0.15, -0.1) is 0 Å². The van der Waals surface area contributed by atoms with Gasteiger partial charge in [0.2, 0.25) is 0 Å². The Labute approximate surface area is 198 Å². The number of aromatic nitrogens is 2. The molecule has 33 heavy (non-hydrogen) atoms. The van der Waals surface area contributed by atoms with Gasteiger partial charge in [0.1, 0.15) is 18.0 Å². The van der Waals surface area contributed by atoms with E-state index in [1.54, 1.807) is 20.1 Å². The summed E-state index contributed by atoms with van der Waals surface area (Å²) in [5.41, 5.74) is 1.61. The summed E-state index contributed by atoms with van der Waals surface area (Å²) in [6.07, 6.45) is 3.88. The molecule has 2 heterocycles. The molecule has 3 aromatic rings. The van der Waals surface area contributed by atoms with E-state index in [2.05, 4.69) is 27.2 Å². The molecule has 1 N–H and O–H groups in total. The molecule has 5 rings (SSSR count). The van der Waals surface area contributed by atoms with Crippen LogP contribution in [0.2, 0.25) is 5.02 Å². The van der Waals surface area contributed by atoms with Crippen LogP contribution in [-0.4, -0.2) is 48.7 Å². The molecule has 174 valence electrons. The Morgan fingerprint density at radius 2 is 1.88 bits per heavy atom. The summed E-state index contributed by atoms with van der Waals surface area (Å²) in [4.78, 5) is 11.1. The number of halogens is 2. The van der Waals surface area contributed by atoms with Crippen molar-refractivity contribution in [2.45, 2.75) is 19.8 Å². The zero-order chi connectivity index (χ0) is 23.1. The SMILES string of the molecule is COc1cc2c(Nc3cc(Cl)c(C)cc3F)ncnc2cc1OCC1C[C@@H]2CN(C)C[C@@H]2C1. The average Bonchev–Trinajstić information content (AvgIpc) is 3.32. The van der Waals surface area contributed by atoms with Crippen molar-refractivity contribution in [2.24, 2.45) is 17.8 Å². The molecular formula is C25H28ClFN4O2. The largest absolute Gasteiger partial charge is 0.493 e. The van der Waals surface area contributed by atoms with Crippen molar-refractivity contribution in [3.8, 4) is 11.5 Å². The summed E-state index contributed by atoms with van der Waals surface area (Å²) in [6.45, 7) is 4.82. The lowest BCUT2D eigenvalue weighted by molar-refractivity contribution is 0.227. The van der Waals surface area contributed by atoms with Gasteiger partial charge < -0.3 is 19.7 Å². The van der Waals surface area contributed by atoms with Crippen LogP contribution in [0, 0.1) is 30.5 Å². The van der Waals surface area contributed by atoms with Crippen molar-refractivity contribution in [1.29, 1.82) is 0 Å². The molecule has 2 aromatic carbocycles. The van der Waals surface area contributed by atoms with E-state index in [1.165, 1.54) is 38.3 Å². The van der Waals surface area contributed by atoms with E-state index in [-0.39, 0.29) is 5.69 Å². The Bertz CT molecular complexity index is 1180. The molecule has 0 spiro atoms. The molecule has 1 saturated carbocycles. The van der Waals surface area contributed by atoms with Gasteiger partial charge in [-0.25, -0.2) is 14.4 Å². The quantitative estimate of drug-likeness (QED) is 0.517. The number of methoxy groups -OCH3 is 1. The van der Waals surface area contributed by atoms with Crippen LogP contribution in [0.4, 0.5) is 15.9 Å². The molecule has 1 aromatic heterocycles. The third-order valence-electron chi connectivity index (χ3n) is 6.93. The summed E-state index contributed by atoms with van der Waals surface area (Å²) < 4.78 is 26.3. The summed E-state index contributed by atoms with van der Waals surface area (Å²) in [6, 6.07) is 6.65. The van der Waals surface area contributed by atoms with Crippen LogP contribution in [0.1, 0.15) is 18.4 Å². The van der Waals surface area contributed by atoms with Crippen LogP contribution in [0.5, 0.6) is 11.5 Å². The Morgan fingerprint density at radius 1 is 1.12 bits per heavy atom. The van der Waals surface area contributed by atoms with Crippen LogP contribution in [0.3, 0.4) is 0 Å². The van der Waals surface area contributed by atoms with E-state index in [0.29, 0.717) is 51.3 Å². The van der Waals surface area contributed by atoms with Crippen molar-refractivity contribution in [3.63, 3.8) is 0 Å². The Morgan fingerprint density at radius 3 is 2.61 bits per heavy atom. The van der Waals surface area contributed by atoms with Gasteiger partial charge in [-0.3, -0.25) is 0 Å². The number of hydrogen-bond donors (Lipinski definition) is 1. The lowest BCUT2D eigenvalue weighted by atomic mass is 10.0. The number of aryl methyl sites for hydroxylation is 1. The van der Waals surface area contributed by atoms with Gasteiger partial charge in [0.05, 0.1) is 24.9 Å². The Hall–Kier alpha value is -2.64. The third-order valence-corrected chi connectivity index (χ3v) is 7.34. The molecule has 1 unspecified atom stereocenters. The number of nitrogens with zero attached hydrogens (tertiary/aromatic N) is 3. The fourth-order valence-corrected chi connectivity index (χ4v) is 5.47. The molecule has 0 amide bonds. The first-order valence-corrected chi connectivity index (χ1v) is 11.7. The molecule has 0 bridgehead atoms. The van der Waals surface area contributed by atoms with Gasteiger partial charge in [-0.2, -0.15) is 0 Å². The van der Waals surface area contributed by atoms with E-state index in [4.69, 9.17) is 21.1 Å². The minimum atomic E-state index is -0.400. The highest BCUT2D eigenvalue weighted by molar-refractivity contribution is 6.31. The van der Waals surface area contributed by atoms with Gasteiger partial charge in [-0.1, -0.05) is 11.6 Å². The van der Waals surface area contributed by atoms with E-state index in [9.17, 15) is 4.39 Å². The fourth-order valence-electron chi connectivity index (χ4n) is 5.31. The summed E-state index contributed by atoms with van der Waals surface area (Å²) in [7, 11) is 3.82. The van der Waals surface area contributed by atoms with Crippen LogP contribution >= 0.6 is 11.6 Å². The predicted molar refractivity (Wildman–Crippen MR) is 128 cm³/mol. The molecular weight excluding hydrogens is 443 g/mol. The van der Waals surface area contributed by atoms with E-state index in [1.807, 2.05) is 12.1 Å². The fraction of sp³-hybridized carbons (Fsp3) is 0.440. The summed E-state index contributed by atoms with van der Waals surface area (Å²) in [5, 5.41) is 4.23. The van der Waals surface area contributed by atoms with Crippen LogP contribution in [0.25, 0.3) is 10.9 Å². The summed E-state index contributed by atoms with van der Waals surface area (Å²) >= 11 is 6.19. The molecule has 0 radical (unpaired) electrons. The Balaban J connectivity index is 1.37. The Kier molecular flexibility index (Phi) is 6.01. The second kappa shape index (κ2) is 8.95. The molecule has 8 heteroatoms. The van der Waals surface area contributed by atoms with Gasteiger partial charge in [0.15, 0.2) is 11.5 Å². The van der Waals surface area contributed by atoms with Crippen LogP contribution < -0.4 is 14.8 Å². The van der Waals surface area contributed by atoms with Crippen LogP contribution in [-0.2, 0) is 0 Å². The first-order chi connectivity index (χ1) is 15.9. The van der Waals surface area contributed by atoms with Crippen LogP contribution in [0.15, 0.2) is 30.6 Å². The maximum absolute atomic E-state index is 14.5. The first-order valence-electron chi connectivity index (χ1n) is 11.3. The van der Waals surface area contributed by atoms with Gasteiger partial charge in [0.25, 0.3) is 0 Å². The normalized spacial score (nSPS) is 22.5. The molecule has 1 saturated heterocycles. The standard InChI is InChI=1S/C25H28ClFN4O2/c1-14-4-20(27)22(8-19(14)26)30-25-18-7-23(32-3)24(9-21(18)28-13-29-25)33-12-15-5-16-10-31(2)11-17(16)6-15/h4,7-9,13,15-17H,5-6,10-12H2,1-3H3,(H,28,29,30)/t15?,16-,17+. The average molecular weight is 471 g/mol. The zero-order valence-electron chi connectivity index (χ0n) is 19.1. The lowest BCUT2D eigenvalue weighted by Gasteiger charge is -2.17. The second-order valence-corrected chi connectivity index (χ2v) is 9.75. The molecule has 2 fully saturated rings. The second-order valence-electron chi connectivity index (χ2n) is 9.34. The number of likely N-dealkylation sites (tertiary alicyclic amines) is 1. The highest BCUT2D eigenvalue weighted by atomic mass is 35.5. The van der Waals surface area contributed by atoms with Gasteiger partial charge in [0, 0.05) is 29.6 Å². The van der Waals surface area contributed by atoms with E-state index < -0.39 is 5.82 Å². The molecule has 2 aliphatic rings. The minimum Gasteiger partial charge on any atom is -0.493 e. The number of fused-ring (bicyclic) bond motifs is 2. The minimum absolute atomic E-state index is 0.252. The molecule has 6 nitrogen and oxygen atoms in total. The highest BCUT2D eigenvalue weighted by Gasteiger charge is 2.39. The lowest BCUT2D eigenvalue weighted by Crippen LogP contribution is -2.18. The molecule has 3 atom stereocenters. The van der Waals surface area contributed by atoms with Gasteiger partial charge >= 0.3 is 0 Å². The zero-order valence-corrected chi connectivity index (χ0v) is 19.8. The predicted octanol–water partition coefficient (Wildman–Crippen LogP) is 5.45. The first kappa shape index (κ1) is 22.2. The molecule has 1 aliphatic carbocycles. The van der Waals surface area contributed by atoms with Gasteiger partial charge in [-0.05, 0) is 68.3 Å². The van der Waals surface area contributed by atoms with E-state index in [0.717, 1.165) is 11.8 Å². The maximum Gasteiger partial charge on any atom is 0.163 e. The topological polar surface area (TPSA) is 59.5 Å². The third kappa shape index (κ3) is 4.44. The molecule has 1 aliphatic heterocycles. The van der Waals surface area contributed by atoms with Crippen molar-refractivity contribution in [3.05, 3.63) is 47.0 Å².